The number of hydrogen-bond acceptors (Lipinski definition) is 2. The third-order valence-corrected chi connectivity index (χ3v) is 17.8. The van der Waals surface area contributed by atoms with Crippen LogP contribution in [0.1, 0.15) is 96.8 Å². The summed E-state index contributed by atoms with van der Waals surface area (Å²) in [7, 11) is 2.89. The fourth-order valence-corrected chi connectivity index (χ4v) is 16.5. The molecule has 14 atom stereocenters. The molecule has 9 aliphatic rings. The van der Waals surface area contributed by atoms with E-state index in [4.69, 9.17) is 0 Å². The lowest BCUT2D eigenvalue weighted by Crippen LogP contribution is -2.52. The summed E-state index contributed by atoms with van der Waals surface area (Å²) >= 11 is 4.91. The molecule has 6 aliphatic carbocycles. The molecule has 3 heteroatoms. The Morgan fingerprint density at radius 3 is 2.56 bits per heavy atom. The largest absolute Gasteiger partial charge is 0.155 e. The molecule has 6 fully saturated rings. The molecule has 4 saturated carbocycles. The number of thioether (sulfide) groups is 2. The minimum absolute atomic E-state index is 0.778. The minimum atomic E-state index is 0.778. The summed E-state index contributed by atoms with van der Waals surface area (Å²) in [5.41, 5.74) is 5.86. The lowest BCUT2D eigenvalue weighted by Gasteiger charge is -2.60. The Morgan fingerprint density at radius 1 is 0.769 bits per heavy atom. The minimum Gasteiger partial charge on any atom is -0.155 e. The van der Waals surface area contributed by atoms with Crippen LogP contribution in [-0.4, -0.2) is 28.3 Å². The van der Waals surface area contributed by atoms with Gasteiger partial charge in [-0.2, -0.15) is 23.5 Å². The van der Waals surface area contributed by atoms with Crippen molar-refractivity contribution in [1.82, 2.24) is 0 Å². The number of hydrogen-bond donors (Lipinski definition) is 0. The lowest BCUT2D eigenvalue weighted by molar-refractivity contribution is 0.0682. The molecule has 0 spiro atoms. The van der Waals surface area contributed by atoms with Crippen LogP contribution in [0.15, 0.2) is 34.9 Å². The summed E-state index contributed by atoms with van der Waals surface area (Å²) in [4.78, 5) is 0. The van der Waals surface area contributed by atoms with Crippen LogP contribution in [0.4, 0.5) is 0 Å². The van der Waals surface area contributed by atoms with Gasteiger partial charge in [-0.25, -0.2) is 0 Å². The molecule has 0 aromatic carbocycles. The molecule has 209 valence electrons. The molecule has 12 unspecified atom stereocenters. The van der Waals surface area contributed by atoms with Gasteiger partial charge in [-0.1, -0.05) is 75.0 Å². The van der Waals surface area contributed by atoms with Crippen molar-refractivity contribution in [2.75, 3.05) is 0 Å². The van der Waals surface area contributed by atoms with Gasteiger partial charge < -0.3 is 0 Å². The standard InChI is InChI=1S/C36H50BS2/c1-20(29-17-12-21-6-2-4-8-30(21)38-29)32-27-14-11-22-10-13-25(24-15-16-28(32)34(27)33(22)24)35-36-26(18-19-37-35)23-7-3-5-9-31(23)39-36/h11-12,17,20-21,23-32,35-36H,2-10,13-16,18-19H2,1H3/t20-,21?,23?,24?,25?,26?,27?,28?,29?,30?,31?,32?,35-,36?/m1/s1. The van der Waals surface area contributed by atoms with Crippen molar-refractivity contribution >= 4 is 30.8 Å². The second-order valence-electron chi connectivity index (χ2n) is 15.5. The van der Waals surface area contributed by atoms with Crippen molar-refractivity contribution < 1.29 is 0 Å². The van der Waals surface area contributed by atoms with Gasteiger partial charge in [0.25, 0.3) is 0 Å². The van der Waals surface area contributed by atoms with E-state index in [1.165, 1.54) is 89.8 Å². The molecule has 0 amide bonds. The zero-order valence-corrected chi connectivity index (χ0v) is 25.9. The highest BCUT2D eigenvalue weighted by Crippen LogP contribution is 2.67. The normalized spacial score (nSPS) is 52.3. The van der Waals surface area contributed by atoms with E-state index in [1.807, 2.05) is 16.7 Å². The quantitative estimate of drug-likeness (QED) is 0.250. The van der Waals surface area contributed by atoms with Gasteiger partial charge in [-0.15, -0.1) is 0 Å². The van der Waals surface area contributed by atoms with Gasteiger partial charge >= 0.3 is 0 Å². The number of fused-ring (bicyclic) bond motifs is 4. The maximum atomic E-state index is 2.89. The Labute approximate surface area is 248 Å². The Hall–Kier alpha value is -0.0151. The van der Waals surface area contributed by atoms with Crippen molar-refractivity contribution in [1.29, 1.82) is 0 Å². The first kappa shape index (κ1) is 25.5. The van der Waals surface area contributed by atoms with Gasteiger partial charge in [0.15, 0.2) is 0 Å². The zero-order valence-electron chi connectivity index (χ0n) is 24.3. The van der Waals surface area contributed by atoms with Crippen LogP contribution in [0, 0.1) is 53.3 Å². The molecule has 3 heterocycles. The second kappa shape index (κ2) is 10.0. The Kier molecular flexibility index (Phi) is 6.55. The predicted octanol–water partition coefficient (Wildman–Crippen LogP) is 9.77. The average molecular weight is 558 g/mol. The fourth-order valence-electron chi connectivity index (χ4n) is 12.4. The highest BCUT2D eigenvalue weighted by molar-refractivity contribution is 8.01. The van der Waals surface area contributed by atoms with E-state index >= 15 is 0 Å². The maximum Gasteiger partial charge on any atom is 0.115 e. The lowest BCUT2D eigenvalue weighted by atomic mass is 9.41. The van der Waals surface area contributed by atoms with Gasteiger partial charge in [0, 0.05) is 21.0 Å². The van der Waals surface area contributed by atoms with E-state index in [0.717, 1.165) is 80.1 Å². The highest BCUT2D eigenvalue weighted by atomic mass is 32.2. The van der Waals surface area contributed by atoms with E-state index < -0.39 is 0 Å². The van der Waals surface area contributed by atoms with E-state index in [-0.39, 0.29) is 0 Å². The highest BCUT2D eigenvalue weighted by Gasteiger charge is 2.58. The van der Waals surface area contributed by atoms with E-state index in [9.17, 15) is 0 Å². The third-order valence-electron chi connectivity index (χ3n) is 14.1. The zero-order chi connectivity index (χ0) is 25.7. The summed E-state index contributed by atoms with van der Waals surface area (Å²) in [6.07, 6.45) is 30.4. The van der Waals surface area contributed by atoms with Crippen LogP contribution in [-0.2, 0) is 0 Å². The molecule has 9 rings (SSSR count). The molecule has 0 N–H and O–H groups in total. The molecule has 2 saturated heterocycles. The smallest absolute Gasteiger partial charge is 0.115 e. The van der Waals surface area contributed by atoms with E-state index in [0.29, 0.717) is 0 Å². The van der Waals surface area contributed by atoms with Crippen LogP contribution in [0.3, 0.4) is 0 Å². The Balaban J connectivity index is 0.968. The molecular weight excluding hydrogens is 507 g/mol. The number of rotatable bonds is 3. The van der Waals surface area contributed by atoms with Gasteiger partial charge in [-0.3, -0.25) is 0 Å². The fraction of sp³-hybridized carbons (Fsp3) is 0.833. The first-order valence-corrected chi connectivity index (χ1v) is 19.4. The summed E-state index contributed by atoms with van der Waals surface area (Å²) < 4.78 is 0. The van der Waals surface area contributed by atoms with Crippen LogP contribution in [0.2, 0.25) is 12.1 Å². The maximum absolute atomic E-state index is 2.89. The average Bonchev–Trinajstić information content (AvgIpc) is 3.36. The predicted molar refractivity (Wildman–Crippen MR) is 171 cm³/mol. The topological polar surface area (TPSA) is 0 Å². The summed E-state index contributed by atoms with van der Waals surface area (Å²) in [5, 5.41) is 3.69. The van der Waals surface area contributed by atoms with Crippen molar-refractivity contribution in [3.05, 3.63) is 34.9 Å². The summed E-state index contributed by atoms with van der Waals surface area (Å²) in [6, 6.07) is 0. The van der Waals surface area contributed by atoms with Crippen molar-refractivity contribution in [2.24, 2.45) is 53.3 Å². The van der Waals surface area contributed by atoms with Gasteiger partial charge in [0.1, 0.15) is 7.28 Å². The van der Waals surface area contributed by atoms with E-state index in [2.05, 4.69) is 56.0 Å². The summed E-state index contributed by atoms with van der Waals surface area (Å²) in [6.45, 7) is 2.67. The van der Waals surface area contributed by atoms with Crippen LogP contribution < -0.4 is 0 Å². The van der Waals surface area contributed by atoms with Crippen molar-refractivity contribution in [3.8, 4) is 0 Å². The van der Waals surface area contributed by atoms with Crippen LogP contribution in [0.25, 0.3) is 0 Å². The van der Waals surface area contributed by atoms with Crippen LogP contribution in [0.5, 0.6) is 0 Å². The second-order valence-corrected chi connectivity index (χ2v) is 18.3. The van der Waals surface area contributed by atoms with Crippen LogP contribution >= 0.6 is 23.5 Å². The third kappa shape index (κ3) is 3.92. The van der Waals surface area contributed by atoms with Gasteiger partial charge in [0.2, 0.25) is 0 Å². The van der Waals surface area contributed by atoms with Crippen molar-refractivity contribution in [2.45, 2.75) is 130 Å². The summed E-state index contributed by atoms with van der Waals surface area (Å²) in [5.74, 6) is 9.44. The van der Waals surface area contributed by atoms with Crippen molar-refractivity contribution in [3.63, 3.8) is 0 Å². The molecule has 0 aromatic rings. The first-order chi connectivity index (χ1) is 19.3. The number of allylic oxidation sites excluding steroid dienone is 5. The first-order valence-electron chi connectivity index (χ1n) is 17.5. The SMILES string of the molecule is C[C@H](C1C=CC2CCCCC2S1)C1C2CC=C3CCC([C@H]4[B]CCC5C6CCCCC6SC54)C4CCC1C2=C34. The molecule has 39 heavy (non-hydrogen) atoms. The molecule has 0 bridgehead atoms. The molecule has 3 aliphatic heterocycles. The van der Waals surface area contributed by atoms with E-state index in [1.54, 1.807) is 6.42 Å². The Bertz CT molecular complexity index is 1070. The van der Waals surface area contributed by atoms with Gasteiger partial charge in [-0.05, 0) is 122 Å². The molecule has 0 nitrogen and oxygen atoms in total. The molecule has 1 radical (unpaired) electrons. The Morgan fingerprint density at radius 2 is 1.62 bits per heavy atom. The monoisotopic (exact) mass is 557 g/mol. The van der Waals surface area contributed by atoms with Gasteiger partial charge in [0.05, 0.1) is 0 Å². The molecular formula is C36H50BS2. The molecule has 0 aromatic heterocycles.